The minimum Gasteiger partial charge on any atom is -0.508 e. The van der Waals surface area contributed by atoms with E-state index >= 15 is 0 Å². The Labute approximate surface area is 79.6 Å². The third-order valence-electron chi connectivity index (χ3n) is 2.22. The first-order valence-corrected chi connectivity index (χ1v) is 4.31. The standard InChI is InChI=1S/C9H8ClFO2/c10-6-3-5(12)4-7(11)8(6)9(13)1-2-9/h3-4,12-13H,1-2H2. The van der Waals surface area contributed by atoms with Gasteiger partial charge in [-0.3, -0.25) is 0 Å². The lowest BCUT2D eigenvalue weighted by atomic mass is 10.1. The molecular weight excluding hydrogens is 195 g/mol. The van der Waals surface area contributed by atoms with Crippen molar-refractivity contribution in [1.29, 1.82) is 0 Å². The van der Waals surface area contributed by atoms with Crippen molar-refractivity contribution in [1.82, 2.24) is 0 Å². The summed E-state index contributed by atoms with van der Waals surface area (Å²) in [4.78, 5) is 0. The second kappa shape index (κ2) is 2.59. The molecule has 1 aliphatic rings. The molecule has 2 N–H and O–H groups in total. The second-order valence-corrected chi connectivity index (χ2v) is 3.72. The molecule has 13 heavy (non-hydrogen) atoms. The monoisotopic (exact) mass is 202 g/mol. The Morgan fingerprint density at radius 1 is 1.38 bits per heavy atom. The van der Waals surface area contributed by atoms with E-state index in [-0.39, 0.29) is 16.3 Å². The van der Waals surface area contributed by atoms with Crippen molar-refractivity contribution in [2.24, 2.45) is 0 Å². The summed E-state index contributed by atoms with van der Waals surface area (Å²) >= 11 is 5.70. The molecule has 0 spiro atoms. The lowest BCUT2D eigenvalue weighted by Crippen LogP contribution is -2.08. The first kappa shape index (κ1) is 8.78. The average Bonchev–Trinajstić information content (AvgIpc) is 2.65. The van der Waals surface area contributed by atoms with E-state index in [0.29, 0.717) is 12.8 Å². The van der Waals surface area contributed by atoms with Gasteiger partial charge in [0, 0.05) is 11.6 Å². The molecule has 2 nitrogen and oxygen atoms in total. The van der Waals surface area contributed by atoms with Crippen LogP contribution in [0.2, 0.25) is 5.02 Å². The first-order valence-electron chi connectivity index (χ1n) is 3.94. The quantitative estimate of drug-likeness (QED) is 0.733. The average molecular weight is 203 g/mol. The zero-order chi connectivity index (χ0) is 9.64. The number of halogens is 2. The predicted molar refractivity (Wildman–Crippen MR) is 46.2 cm³/mol. The number of hydrogen-bond acceptors (Lipinski definition) is 2. The van der Waals surface area contributed by atoms with E-state index in [1.54, 1.807) is 0 Å². The fraction of sp³-hybridized carbons (Fsp3) is 0.333. The van der Waals surface area contributed by atoms with Gasteiger partial charge in [0.1, 0.15) is 11.6 Å². The van der Waals surface area contributed by atoms with E-state index in [2.05, 4.69) is 0 Å². The Morgan fingerprint density at radius 2 is 2.00 bits per heavy atom. The summed E-state index contributed by atoms with van der Waals surface area (Å²) in [6.45, 7) is 0. The zero-order valence-electron chi connectivity index (χ0n) is 6.72. The van der Waals surface area contributed by atoms with E-state index in [4.69, 9.17) is 16.7 Å². The van der Waals surface area contributed by atoms with Gasteiger partial charge < -0.3 is 10.2 Å². The van der Waals surface area contributed by atoms with Gasteiger partial charge in [-0.15, -0.1) is 0 Å². The van der Waals surface area contributed by atoms with Gasteiger partial charge in [-0.2, -0.15) is 0 Å². The molecule has 4 heteroatoms. The summed E-state index contributed by atoms with van der Waals surface area (Å²) in [5.74, 6) is -0.875. The largest absolute Gasteiger partial charge is 0.508 e. The molecule has 1 fully saturated rings. The minimum atomic E-state index is -1.10. The number of aromatic hydroxyl groups is 1. The van der Waals surface area contributed by atoms with Crippen LogP contribution in [-0.2, 0) is 5.60 Å². The number of phenolic OH excluding ortho intramolecular Hbond substituents is 1. The molecule has 0 saturated heterocycles. The van der Waals surface area contributed by atoms with Crippen LogP contribution in [0.1, 0.15) is 18.4 Å². The Bertz CT molecular complexity index is 338. The second-order valence-electron chi connectivity index (χ2n) is 3.32. The maximum atomic E-state index is 13.2. The molecule has 2 rings (SSSR count). The number of hydrogen-bond donors (Lipinski definition) is 2. The molecular formula is C9H8ClFO2. The molecule has 70 valence electrons. The Kier molecular flexibility index (Phi) is 1.75. The van der Waals surface area contributed by atoms with Crippen LogP contribution in [0.15, 0.2) is 12.1 Å². The molecule has 0 aliphatic heterocycles. The van der Waals surface area contributed by atoms with Gasteiger partial charge in [-0.25, -0.2) is 4.39 Å². The van der Waals surface area contributed by atoms with Gasteiger partial charge in [-0.1, -0.05) is 11.6 Å². The molecule has 0 unspecified atom stereocenters. The Balaban J connectivity index is 2.57. The third kappa shape index (κ3) is 1.38. The highest BCUT2D eigenvalue weighted by atomic mass is 35.5. The summed E-state index contributed by atoms with van der Waals surface area (Å²) in [7, 11) is 0. The number of phenols is 1. The van der Waals surface area contributed by atoms with Crippen LogP contribution in [0.25, 0.3) is 0 Å². The van der Waals surface area contributed by atoms with Crippen LogP contribution in [0, 0.1) is 5.82 Å². The van der Waals surface area contributed by atoms with Crippen molar-refractivity contribution in [2.45, 2.75) is 18.4 Å². The van der Waals surface area contributed by atoms with Crippen molar-refractivity contribution in [2.75, 3.05) is 0 Å². The van der Waals surface area contributed by atoms with Gasteiger partial charge in [0.25, 0.3) is 0 Å². The molecule has 1 saturated carbocycles. The topological polar surface area (TPSA) is 40.5 Å². The molecule has 0 aromatic heterocycles. The number of benzene rings is 1. The highest BCUT2D eigenvalue weighted by molar-refractivity contribution is 6.31. The van der Waals surface area contributed by atoms with Gasteiger partial charge in [0.05, 0.1) is 10.6 Å². The van der Waals surface area contributed by atoms with Crippen LogP contribution >= 0.6 is 11.6 Å². The highest BCUT2D eigenvalue weighted by Gasteiger charge is 2.45. The molecule has 0 amide bonds. The molecule has 0 bridgehead atoms. The molecule has 1 aromatic rings. The number of rotatable bonds is 1. The van der Waals surface area contributed by atoms with Crippen LogP contribution in [-0.4, -0.2) is 10.2 Å². The maximum Gasteiger partial charge on any atom is 0.134 e. The lowest BCUT2D eigenvalue weighted by molar-refractivity contribution is 0.147. The summed E-state index contributed by atoms with van der Waals surface area (Å²) in [5.41, 5.74) is -0.999. The van der Waals surface area contributed by atoms with E-state index in [1.165, 1.54) is 6.07 Å². The minimum absolute atomic E-state index is 0.0810. The van der Waals surface area contributed by atoms with Crippen LogP contribution in [0.4, 0.5) is 4.39 Å². The third-order valence-corrected chi connectivity index (χ3v) is 2.51. The van der Waals surface area contributed by atoms with Gasteiger partial charge in [0.15, 0.2) is 0 Å². The summed E-state index contributed by atoms with van der Waals surface area (Å²) < 4.78 is 13.2. The van der Waals surface area contributed by atoms with Crippen molar-refractivity contribution in [3.63, 3.8) is 0 Å². The normalized spacial score (nSPS) is 18.7. The number of aliphatic hydroxyl groups is 1. The van der Waals surface area contributed by atoms with E-state index in [1.807, 2.05) is 0 Å². The van der Waals surface area contributed by atoms with E-state index in [0.717, 1.165) is 6.07 Å². The molecule has 0 heterocycles. The summed E-state index contributed by atoms with van der Waals surface area (Å²) in [5, 5.41) is 18.7. The highest BCUT2D eigenvalue weighted by Crippen LogP contribution is 2.49. The molecule has 1 aliphatic carbocycles. The fourth-order valence-electron chi connectivity index (χ4n) is 1.37. The maximum absolute atomic E-state index is 13.2. The Hall–Kier alpha value is -0.800. The van der Waals surface area contributed by atoms with Crippen molar-refractivity contribution < 1.29 is 14.6 Å². The molecule has 0 atom stereocenters. The van der Waals surface area contributed by atoms with Crippen LogP contribution in [0.5, 0.6) is 5.75 Å². The van der Waals surface area contributed by atoms with Gasteiger partial charge in [-0.05, 0) is 18.9 Å². The van der Waals surface area contributed by atoms with E-state index in [9.17, 15) is 9.50 Å². The van der Waals surface area contributed by atoms with Crippen LogP contribution < -0.4 is 0 Å². The lowest BCUT2D eigenvalue weighted by Gasteiger charge is -2.11. The molecule has 0 radical (unpaired) electrons. The zero-order valence-corrected chi connectivity index (χ0v) is 7.48. The van der Waals surface area contributed by atoms with Crippen molar-refractivity contribution >= 4 is 11.6 Å². The molecule has 1 aromatic carbocycles. The Morgan fingerprint density at radius 3 is 2.46 bits per heavy atom. The van der Waals surface area contributed by atoms with E-state index < -0.39 is 11.4 Å². The van der Waals surface area contributed by atoms with Gasteiger partial charge in [0.2, 0.25) is 0 Å². The SMILES string of the molecule is Oc1cc(F)c(C2(O)CC2)c(Cl)c1. The smallest absolute Gasteiger partial charge is 0.134 e. The summed E-state index contributed by atoms with van der Waals surface area (Å²) in [6, 6.07) is 2.19. The van der Waals surface area contributed by atoms with Crippen LogP contribution in [0.3, 0.4) is 0 Å². The summed E-state index contributed by atoms with van der Waals surface area (Å²) in [6.07, 6.45) is 1.04. The fourth-order valence-corrected chi connectivity index (χ4v) is 1.75. The van der Waals surface area contributed by atoms with Crippen molar-refractivity contribution in [3.8, 4) is 5.75 Å². The van der Waals surface area contributed by atoms with Crippen molar-refractivity contribution in [3.05, 3.63) is 28.5 Å². The predicted octanol–water partition coefficient (Wildman–Crippen LogP) is 2.17. The first-order chi connectivity index (χ1) is 6.03. The van der Waals surface area contributed by atoms with Gasteiger partial charge >= 0.3 is 0 Å².